The molecule has 0 saturated carbocycles. The average Bonchev–Trinajstić information content (AvgIpc) is 3.01. The van der Waals surface area contributed by atoms with Gasteiger partial charge in [0.1, 0.15) is 5.69 Å². The average molecular weight is 408 g/mol. The summed E-state index contributed by atoms with van der Waals surface area (Å²) in [6.07, 6.45) is 3.78. The number of carbonyl (C=O) groups is 2. The van der Waals surface area contributed by atoms with E-state index in [0.29, 0.717) is 28.0 Å². The number of aromatic amines is 1. The summed E-state index contributed by atoms with van der Waals surface area (Å²) < 4.78 is 5.12. The van der Waals surface area contributed by atoms with Gasteiger partial charge in [0.05, 0.1) is 18.8 Å². The van der Waals surface area contributed by atoms with Gasteiger partial charge in [0, 0.05) is 28.6 Å². The lowest BCUT2D eigenvalue weighted by Crippen LogP contribution is -2.44. The molecule has 7 nitrogen and oxygen atoms in total. The molecule has 1 atom stereocenters. The second kappa shape index (κ2) is 9.41. The fourth-order valence-electron chi connectivity index (χ4n) is 3.76. The van der Waals surface area contributed by atoms with Crippen LogP contribution in [-0.2, 0) is 9.53 Å². The number of halogens is 1. The first kappa shape index (κ1) is 20.6. The smallest absolute Gasteiger partial charge is 0.356 e. The third-order valence-corrected chi connectivity index (χ3v) is 5.30. The molecular weight excluding hydrogens is 382 g/mol. The molecule has 1 aromatic carbocycles. The lowest BCUT2D eigenvalue weighted by Gasteiger charge is -2.34. The van der Waals surface area contributed by atoms with E-state index in [0.717, 1.165) is 25.8 Å². The molecule has 0 bridgehead atoms. The van der Waals surface area contributed by atoms with E-state index < -0.39 is 5.97 Å². The number of piperidine rings is 1. The lowest BCUT2D eigenvalue weighted by atomic mass is 9.99. The van der Waals surface area contributed by atoms with E-state index in [9.17, 15) is 14.7 Å². The maximum atomic E-state index is 12.8. The van der Waals surface area contributed by atoms with Crippen molar-refractivity contribution in [2.45, 2.75) is 38.6 Å². The van der Waals surface area contributed by atoms with Gasteiger partial charge in [-0.25, -0.2) is 4.79 Å². The second-order valence-corrected chi connectivity index (χ2v) is 7.40. The number of nitrogens with zero attached hydrogens (tertiary/aromatic N) is 1. The summed E-state index contributed by atoms with van der Waals surface area (Å²) in [6, 6.07) is 5.39. The van der Waals surface area contributed by atoms with Crippen LogP contribution in [0.1, 0.15) is 43.1 Å². The number of benzene rings is 1. The Balaban J connectivity index is 1.83. The molecule has 2 aromatic rings. The molecule has 0 spiro atoms. The summed E-state index contributed by atoms with van der Waals surface area (Å²) in [4.78, 5) is 30.2. The van der Waals surface area contributed by atoms with Crippen molar-refractivity contribution in [1.29, 1.82) is 0 Å². The highest BCUT2D eigenvalue weighted by atomic mass is 35.5. The fourth-order valence-corrected chi connectivity index (χ4v) is 3.93. The number of nitrogens with one attached hydrogen (secondary N) is 2. The number of aliphatic hydroxyl groups is 1. The minimum Gasteiger partial charge on any atom is -0.461 e. The number of ether oxygens (including phenoxy) is 1. The number of carbonyl (C=O) groups excluding carboxylic acids is 2. The van der Waals surface area contributed by atoms with Crippen LogP contribution in [0.15, 0.2) is 18.2 Å². The standard InChI is InChI=1S/C20H26ClN3O4/c1-2-28-20(27)19-18(15-11-13(21)6-7-16(15)22-19)23-17(26)12-24-9-4-3-5-14(24)8-10-25/h6-7,11,14,22,25H,2-5,8-10,12H2,1H3,(H,23,26)/t14-/m0/s1. The van der Waals surface area contributed by atoms with Crippen LogP contribution in [0.3, 0.4) is 0 Å². The van der Waals surface area contributed by atoms with E-state index >= 15 is 0 Å². The maximum absolute atomic E-state index is 12.8. The number of likely N-dealkylation sites (tertiary alicyclic amines) is 1. The monoisotopic (exact) mass is 407 g/mol. The molecule has 28 heavy (non-hydrogen) atoms. The van der Waals surface area contributed by atoms with Crippen molar-refractivity contribution in [2.24, 2.45) is 0 Å². The molecule has 3 N–H and O–H groups in total. The molecule has 0 unspecified atom stereocenters. The van der Waals surface area contributed by atoms with Crippen molar-refractivity contribution in [3.63, 3.8) is 0 Å². The van der Waals surface area contributed by atoms with Crippen LogP contribution >= 0.6 is 11.6 Å². The number of aromatic nitrogens is 1. The van der Waals surface area contributed by atoms with Crippen molar-refractivity contribution in [1.82, 2.24) is 9.88 Å². The molecule has 0 radical (unpaired) electrons. The first-order chi connectivity index (χ1) is 13.5. The van der Waals surface area contributed by atoms with E-state index in [1.54, 1.807) is 25.1 Å². The zero-order valence-electron chi connectivity index (χ0n) is 16.0. The Hall–Kier alpha value is -2.09. The van der Waals surface area contributed by atoms with Crippen LogP contribution in [0.5, 0.6) is 0 Å². The van der Waals surface area contributed by atoms with Crippen molar-refractivity contribution >= 4 is 40.1 Å². The number of H-pyrrole nitrogens is 1. The Morgan fingerprint density at radius 2 is 2.21 bits per heavy atom. The Morgan fingerprint density at radius 1 is 1.39 bits per heavy atom. The number of hydrogen-bond donors (Lipinski definition) is 3. The minimum atomic E-state index is -0.527. The minimum absolute atomic E-state index is 0.108. The number of hydrogen-bond acceptors (Lipinski definition) is 5. The predicted octanol–water partition coefficient (Wildman–Crippen LogP) is 3.17. The molecular formula is C20H26ClN3O4. The molecule has 2 heterocycles. The van der Waals surface area contributed by atoms with Crippen LogP contribution in [0.2, 0.25) is 5.02 Å². The normalized spacial score (nSPS) is 17.6. The van der Waals surface area contributed by atoms with Crippen molar-refractivity contribution in [3.8, 4) is 0 Å². The predicted molar refractivity (Wildman–Crippen MR) is 109 cm³/mol. The van der Waals surface area contributed by atoms with E-state index in [-0.39, 0.29) is 37.4 Å². The van der Waals surface area contributed by atoms with Gasteiger partial charge in [-0.15, -0.1) is 0 Å². The van der Waals surface area contributed by atoms with E-state index in [2.05, 4.69) is 15.2 Å². The molecule has 1 aliphatic rings. The third kappa shape index (κ3) is 4.66. The van der Waals surface area contributed by atoms with Crippen LogP contribution in [0, 0.1) is 0 Å². The van der Waals surface area contributed by atoms with Crippen LogP contribution in [-0.4, -0.2) is 59.2 Å². The van der Waals surface area contributed by atoms with E-state index in [1.807, 2.05) is 0 Å². The Bertz CT molecular complexity index is 849. The van der Waals surface area contributed by atoms with Gasteiger partial charge in [-0.05, 0) is 50.9 Å². The Labute approximate surface area is 169 Å². The van der Waals surface area contributed by atoms with Gasteiger partial charge in [-0.2, -0.15) is 0 Å². The quantitative estimate of drug-likeness (QED) is 0.613. The third-order valence-electron chi connectivity index (χ3n) is 5.06. The summed E-state index contributed by atoms with van der Waals surface area (Å²) in [5.41, 5.74) is 1.29. The molecule has 1 aliphatic heterocycles. The van der Waals surface area contributed by atoms with Crippen molar-refractivity contribution in [2.75, 3.05) is 31.6 Å². The second-order valence-electron chi connectivity index (χ2n) is 6.97. The lowest BCUT2D eigenvalue weighted by molar-refractivity contribution is -0.118. The highest BCUT2D eigenvalue weighted by molar-refractivity contribution is 6.31. The number of anilines is 1. The number of amides is 1. The first-order valence-electron chi connectivity index (χ1n) is 9.66. The topological polar surface area (TPSA) is 94.7 Å². The zero-order chi connectivity index (χ0) is 20.1. The van der Waals surface area contributed by atoms with Gasteiger partial charge in [0.2, 0.25) is 5.91 Å². The number of aliphatic hydroxyl groups excluding tert-OH is 1. The summed E-state index contributed by atoms with van der Waals surface area (Å²) >= 11 is 6.11. The molecule has 152 valence electrons. The number of fused-ring (bicyclic) bond motifs is 1. The first-order valence-corrected chi connectivity index (χ1v) is 10.0. The molecule has 1 amide bonds. The van der Waals surface area contributed by atoms with Gasteiger partial charge in [0.15, 0.2) is 0 Å². The molecule has 3 rings (SSSR count). The Kier molecular flexibility index (Phi) is 6.93. The fraction of sp³-hybridized carbons (Fsp3) is 0.500. The van der Waals surface area contributed by atoms with Crippen molar-refractivity contribution < 1.29 is 19.4 Å². The molecule has 0 aliphatic carbocycles. The van der Waals surface area contributed by atoms with Gasteiger partial charge < -0.3 is 20.1 Å². The molecule has 1 aromatic heterocycles. The van der Waals surface area contributed by atoms with Gasteiger partial charge in [-0.1, -0.05) is 18.0 Å². The van der Waals surface area contributed by atoms with Gasteiger partial charge in [-0.3, -0.25) is 9.69 Å². The molecule has 8 heteroatoms. The summed E-state index contributed by atoms with van der Waals surface area (Å²) in [7, 11) is 0. The van der Waals surface area contributed by atoms with Crippen LogP contribution < -0.4 is 5.32 Å². The summed E-state index contributed by atoms with van der Waals surface area (Å²) in [6.45, 7) is 3.10. The molecule has 1 saturated heterocycles. The molecule has 1 fully saturated rings. The maximum Gasteiger partial charge on any atom is 0.356 e. The van der Waals surface area contributed by atoms with Gasteiger partial charge in [0.25, 0.3) is 0 Å². The SMILES string of the molecule is CCOC(=O)c1[nH]c2ccc(Cl)cc2c1NC(=O)CN1CCCC[C@H]1CCO. The highest BCUT2D eigenvalue weighted by Gasteiger charge is 2.26. The largest absolute Gasteiger partial charge is 0.461 e. The van der Waals surface area contributed by atoms with Crippen LogP contribution in [0.4, 0.5) is 5.69 Å². The van der Waals surface area contributed by atoms with E-state index in [4.69, 9.17) is 16.3 Å². The summed E-state index contributed by atoms with van der Waals surface area (Å²) in [5, 5.41) is 13.3. The summed E-state index contributed by atoms with van der Waals surface area (Å²) in [5.74, 6) is -0.738. The Morgan fingerprint density at radius 3 is 2.96 bits per heavy atom. The van der Waals surface area contributed by atoms with Gasteiger partial charge >= 0.3 is 5.97 Å². The van der Waals surface area contributed by atoms with E-state index in [1.165, 1.54) is 0 Å². The number of rotatable bonds is 7. The van der Waals surface area contributed by atoms with Crippen molar-refractivity contribution in [3.05, 3.63) is 28.9 Å². The van der Waals surface area contributed by atoms with Crippen LogP contribution in [0.25, 0.3) is 10.9 Å². The highest BCUT2D eigenvalue weighted by Crippen LogP contribution is 2.31. The zero-order valence-corrected chi connectivity index (χ0v) is 16.7. The number of esters is 1.